The molecular formula is C15H24O3. The molecule has 5 atom stereocenters. The van der Waals surface area contributed by atoms with E-state index in [1.165, 1.54) is 0 Å². The molecule has 0 aliphatic heterocycles. The predicted molar refractivity (Wildman–Crippen MR) is 68.9 cm³/mol. The molecule has 0 saturated heterocycles. The summed E-state index contributed by atoms with van der Waals surface area (Å²) in [4.78, 5) is 4.96. The summed E-state index contributed by atoms with van der Waals surface area (Å²) < 4.78 is 0. The number of hydrogen-bond donors (Lipinski definition) is 2. The van der Waals surface area contributed by atoms with E-state index in [1.807, 2.05) is 6.92 Å². The maximum atomic E-state index is 10.7. The second-order valence-electron chi connectivity index (χ2n) is 7.41. The van der Waals surface area contributed by atoms with Gasteiger partial charge in [-0.25, -0.2) is 4.89 Å². The van der Waals surface area contributed by atoms with Crippen LogP contribution in [0.3, 0.4) is 0 Å². The van der Waals surface area contributed by atoms with Crippen molar-refractivity contribution in [1.82, 2.24) is 0 Å². The van der Waals surface area contributed by atoms with Gasteiger partial charge in [-0.2, -0.15) is 0 Å². The lowest BCUT2D eigenvalue weighted by Crippen LogP contribution is -2.46. The van der Waals surface area contributed by atoms with Gasteiger partial charge in [-0.05, 0) is 55.4 Å². The third-order valence-electron chi connectivity index (χ3n) is 6.19. The summed E-state index contributed by atoms with van der Waals surface area (Å²) in [7, 11) is 0. The van der Waals surface area contributed by atoms with Crippen LogP contribution >= 0.6 is 0 Å². The standard InChI is InChI=1S/C15H24O3/c1-9-5-6-10-11(13(10,2)3)12-14(4,16)7-8-15(9,12)18-17/h10-12,16-17H,1,5-8H2,2-4H3. The number of hydrogen-bond acceptors (Lipinski definition) is 3. The topological polar surface area (TPSA) is 49.7 Å². The molecular weight excluding hydrogens is 228 g/mol. The van der Waals surface area contributed by atoms with Crippen LogP contribution in [0, 0.1) is 23.2 Å². The zero-order chi connectivity index (χ0) is 13.3. The minimum Gasteiger partial charge on any atom is -0.390 e. The molecule has 0 radical (unpaired) electrons. The van der Waals surface area contributed by atoms with E-state index in [2.05, 4.69) is 20.4 Å². The molecule has 3 aliphatic carbocycles. The number of aliphatic hydroxyl groups is 1. The zero-order valence-corrected chi connectivity index (χ0v) is 11.6. The Balaban J connectivity index is 2.08. The quantitative estimate of drug-likeness (QED) is 0.428. The Morgan fingerprint density at radius 1 is 1.28 bits per heavy atom. The van der Waals surface area contributed by atoms with Gasteiger partial charge in [-0.3, -0.25) is 5.26 Å². The summed E-state index contributed by atoms with van der Waals surface area (Å²) in [6, 6.07) is 0. The molecule has 3 nitrogen and oxygen atoms in total. The van der Waals surface area contributed by atoms with Crippen LogP contribution in [0.25, 0.3) is 0 Å². The highest BCUT2D eigenvalue weighted by Gasteiger charge is 2.72. The van der Waals surface area contributed by atoms with E-state index < -0.39 is 11.2 Å². The SMILES string of the molecule is C=C1CCC2C(C3C(C)(O)CCC13OO)C2(C)C. The molecule has 2 N–H and O–H groups in total. The molecule has 3 heteroatoms. The minimum atomic E-state index is -0.757. The first kappa shape index (κ1) is 12.6. The van der Waals surface area contributed by atoms with Gasteiger partial charge in [-0.15, -0.1) is 0 Å². The van der Waals surface area contributed by atoms with Crippen molar-refractivity contribution in [3.8, 4) is 0 Å². The Morgan fingerprint density at radius 3 is 2.56 bits per heavy atom. The smallest absolute Gasteiger partial charge is 0.130 e. The average Bonchev–Trinajstić information content (AvgIpc) is 2.74. The first-order chi connectivity index (χ1) is 8.27. The first-order valence-corrected chi connectivity index (χ1v) is 7.00. The second-order valence-corrected chi connectivity index (χ2v) is 7.41. The molecule has 0 bridgehead atoms. The van der Waals surface area contributed by atoms with E-state index in [1.54, 1.807) is 0 Å². The van der Waals surface area contributed by atoms with Gasteiger partial charge in [0.05, 0.1) is 5.60 Å². The molecule has 0 aromatic carbocycles. The molecule has 3 fully saturated rings. The summed E-state index contributed by atoms with van der Waals surface area (Å²) in [5.74, 6) is 1.03. The monoisotopic (exact) mass is 252 g/mol. The summed E-state index contributed by atoms with van der Waals surface area (Å²) in [6.07, 6.45) is 3.36. The summed E-state index contributed by atoms with van der Waals surface area (Å²) in [5, 5.41) is 20.2. The van der Waals surface area contributed by atoms with Gasteiger partial charge in [0.25, 0.3) is 0 Å². The molecule has 5 unspecified atom stereocenters. The normalized spacial score (nSPS) is 53.6. The summed E-state index contributed by atoms with van der Waals surface area (Å²) >= 11 is 0. The van der Waals surface area contributed by atoms with E-state index in [0.717, 1.165) is 18.4 Å². The van der Waals surface area contributed by atoms with Gasteiger partial charge in [0.2, 0.25) is 0 Å². The summed E-state index contributed by atoms with van der Waals surface area (Å²) in [6.45, 7) is 10.6. The fraction of sp³-hybridized carbons (Fsp3) is 0.867. The van der Waals surface area contributed by atoms with Crippen molar-refractivity contribution in [2.45, 2.75) is 57.7 Å². The number of fused-ring (bicyclic) bond motifs is 3. The van der Waals surface area contributed by atoms with Crippen LogP contribution in [0.15, 0.2) is 12.2 Å². The Bertz CT molecular complexity index is 399. The maximum absolute atomic E-state index is 10.7. The average molecular weight is 252 g/mol. The van der Waals surface area contributed by atoms with Crippen LogP contribution < -0.4 is 0 Å². The van der Waals surface area contributed by atoms with Crippen LogP contribution in [-0.4, -0.2) is 21.6 Å². The highest BCUT2D eigenvalue weighted by molar-refractivity contribution is 5.30. The van der Waals surface area contributed by atoms with Crippen molar-refractivity contribution in [2.24, 2.45) is 23.2 Å². The molecule has 18 heavy (non-hydrogen) atoms. The largest absolute Gasteiger partial charge is 0.390 e. The molecule has 0 spiro atoms. The molecule has 3 rings (SSSR count). The van der Waals surface area contributed by atoms with E-state index in [-0.39, 0.29) is 11.3 Å². The Kier molecular flexibility index (Phi) is 2.38. The fourth-order valence-corrected chi connectivity index (χ4v) is 5.03. The molecule has 3 aliphatic rings. The van der Waals surface area contributed by atoms with Gasteiger partial charge >= 0.3 is 0 Å². The van der Waals surface area contributed by atoms with E-state index in [0.29, 0.717) is 24.7 Å². The van der Waals surface area contributed by atoms with Crippen LogP contribution in [0.4, 0.5) is 0 Å². The first-order valence-electron chi connectivity index (χ1n) is 7.00. The van der Waals surface area contributed by atoms with Crippen molar-refractivity contribution in [2.75, 3.05) is 0 Å². The Hall–Kier alpha value is -0.380. The van der Waals surface area contributed by atoms with Gasteiger partial charge in [-0.1, -0.05) is 20.4 Å². The van der Waals surface area contributed by atoms with Crippen LogP contribution in [0.2, 0.25) is 0 Å². The second kappa shape index (κ2) is 3.38. The molecule has 102 valence electrons. The number of rotatable bonds is 1. The minimum absolute atomic E-state index is 0.0231. The van der Waals surface area contributed by atoms with E-state index >= 15 is 0 Å². The Morgan fingerprint density at radius 2 is 1.94 bits per heavy atom. The van der Waals surface area contributed by atoms with Crippen LogP contribution in [-0.2, 0) is 4.89 Å². The van der Waals surface area contributed by atoms with Gasteiger partial charge in [0, 0.05) is 5.92 Å². The van der Waals surface area contributed by atoms with Gasteiger partial charge in [0.1, 0.15) is 5.60 Å². The third kappa shape index (κ3) is 1.30. The van der Waals surface area contributed by atoms with Crippen molar-refractivity contribution in [1.29, 1.82) is 0 Å². The maximum Gasteiger partial charge on any atom is 0.130 e. The fourth-order valence-electron chi connectivity index (χ4n) is 5.03. The highest BCUT2D eigenvalue weighted by Crippen LogP contribution is 2.72. The molecule has 0 aromatic rings. The van der Waals surface area contributed by atoms with E-state index in [9.17, 15) is 10.4 Å². The molecule has 3 saturated carbocycles. The lowest BCUT2D eigenvalue weighted by Gasteiger charge is -2.38. The van der Waals surface area contributed by atoms with Crippen molar-refractivity contribution in [3.05, 3.63) is 12.2 Å². The van der Waals surface area contributed by atoms with Gasteiger partial charge in [0.15, 0.2) is 0 Å². The third-order valence-corrected chi connectivity index (χ3v) is 6.19. The van der Waals surface area contributed by atoms with Crippen molar-refractivity contribution in [3.63, 3.8) is 0 Å². The molecule has 0 amide bonds. The van der Waals surface area contributed by atoms with Crippen LogP contribution in [0.5, 0.6) is 0 Å². The lowest BCUT2D eigenvalue weighted by molar-refractivity contribution is -0.327. The Labute approximate surface area is 109 Å². The van der Waals surface area contributed by atoms with Crippen LogP contribution in [0.1, 0.15) is 46.5 Å². The lowest BCUT2D eigenvalue weighted by atomic mass is 9.74. The highest BCUT2D eigenvalue weighted by atomic mass is 17.1. The van der Waals surface area contributed by atoms with Gasteiger partial charge < -0.3 is 5.11 Å². The molecule has 0 aromatic heterocycles. The zero-order valence-electron chi connectivity index (χ0n) is 11.6. The summed E-state index contributed by atoms with van der Waals surface area (Å²) in [5.41, 5.74) is -0.247. The predicted octanol–water partition coefficient (Wildman–Crippen LogP) is 3.00. The van der Waals surface area contributed by atoms with Crippen molar-refractivity contribution < 1.29 is 15.3 Å². The van der Waals surface area contributed by atoms with E-state index in [4.69, 9.17) is 4.89 Å². The molecule has 0 heterocycles. The van der Waals surface area contributed by atoms with Crippen molar-refractivity contribution >= 4 is 0 Å².